The van der Waals surface area contributed by atoms with Crippen molar-refractivity contribution < 1.29 is 9.53 Å². The van der Waals surface area contributed by atoms with E-state index in [-0.39, 0.29) is 12.5 Å². The Balaban J connectivity index is 2.28. The van der Waals surface area contributed by atoms with Crippen molar-refractivity contribution in [1.82, 2.24) is 4.90 Å². The van der Waals surface area contributed by atoms with Gasteiger partial charge in [0.1, 0.15) is 6.61 Å². The maximum atomic E-state index is 11.9. The van der Waals surface area contributed by atoms with E-state index in [1.54, 1.807) is 0 Å². The molecule has 0 unspecified atom stereocenters. The Morgan fingerprint density at radius 2 is 2.19 bits per heavy atom. The van der Waals surface area contributed by atoms with Crippen LogP contribution in [0.25, 0.3) is 0 Å². The molecule has 4 nitrogen and oxygen atoms in total. The van der Waals surface area contributed by atoms with Gasteiger partial charge in [0.25, 0.3) is 0 Å². The number of carbonyl (C=O) groups is 1. The summed E-state index contributed by atoms with van der Waals surface area (Å²) in [6, 6.07) is 0.479. The monoisotopic (exact) mass is 228 g/mol. The molecule has 0 aliphatic heterocycles. The number of nitrogens with zero attached hydrogens (tertiary/aromatic N) is 1. The van der Waals surface area contributed by atoms with Gasteiger partial charge < -0.3 is 15.4 Å². The van der Waals surface area contributed by atoms with Crippen LogP contribution < -0.4 is 5.73 Å². The fraction of sp³-hybridized carbons (Fsp3) is 0.917. The van der Waals surface area contributed by atoms with Gasteiger partial charge in [0, 0.05) is 19.1 Å². The first-order valence-electron chi connectivity index (χ1n) is 6.22. The van der Waals surface area contributed by atoms with Gasteiger partial charge >= 0.3 is 0 Å². The lowest BCUT2D eigenvalue weighted by Gasteiger charge is -2.23. The zero-order chi connectivity index (χ0) is 12.0. The molecule has 0 aromatic rings. The Kier molecular flexibility index (Phi) is 5.77. The molecule has 94 valence electrons. The SMILES string of the molecule is CC(C)CCN(C(=O)COCCN)C1CC1. The van der Waals surface area contributed by atoms with Crippen molar-refractivity contribution >= 4 is 5.91 Å². The summed E-state index contributed by atoms with van der Waals surface area (Å²) in [5, 5.41) is 0. The molecule has 0 radical (unpaired) electrons. The lowest BCUT2D eigenvalue weighted by molar-refractivity contribution is -0.136. The molecule has 0 saturated heterocycles. The Labute approximate surface area is 98.1 Å². The van der Waals surface area contributed by atoms with Crippen LogP contribution in [-0.4, -0.2) is 43.2 Å². The first-order chi connectivity index (χ1) is 7.65. The van der Waals surface area contributed by atoms with E-state index in [4.69, 9.17) is 10.5 Å². The van der Waals surface area contributed by atoms with Gasteiger partial charge in [0.2, 0.25) is 5.91 Å². The summed E-state index contributed by atoms with van der Waals surface area (Å²) in [6.45, 7) is 6.36. The second kappa shape index (κ2) is 6.86. The third-order valence-corrected chi connectivity index (χ3v) is 2.74. The molecule has 1 amide bonds. The highest BCUT2D eigenvalue weighted by Gasteiger charge is 2.32. The summed E-state index contributed by atoms with van der Waals surface area (Å²) in [7, 11) is 0. The second-order valence-corrected chi connectivity index (χ2v) is 4.84. The minimum atomic E-state index is 0.122. The van der Waals surface area contributed by atoms with E-state index in [1.165, 1.54) is 0 Å². The highest BCUT2D eigenvalue weighted by molar-refractivity contribution is 5.78. The fourth-order valence-electron chi connectivity index (χ4n) is 1.62. The van der Waals surface area contributed by atoms with E-state index >= 15 is 0 Å². The first-order valence-corrected chi connectivity index (χ1v) is 6.22. The number of nitrogens with two attached hydrogens (primary N) is 1. The molecule has 1 aliphatic carbocycles. The standard InChI is InChI=1S/C12H24N2O2/c1-10(2)5-7-14(11-3-4-11)12(15)9-16-8-6-13/h10-11H,3-9,13H2,1-2H3. The fourth-order valence-corrected chi connectivity index (χ4v) is 1.62. The predicted octanol–water partition coefficient (Wildman–Crippen LogP) is 0.999. The van der Waals surface area contributed by atoms with Crippen LogP contribution in [0.2, 0.25) is 0 Å². The molecule has 1 fully saturated rings. The third kappa shape index (κ3) is 4.94. The number of ether oxygens (including phenoxy) is 1. The Bertz CT molecular complexity index is 215. The molecule has 1 rings (SSSR count). The maximum absolute atomic E-state index is 11.9. The van der Waals surface area contributed by atoms with Crippen molar-refractivity contribution in [2.24, 2.45) is 11.7 Å². The molecular formula is C12H24N2O2. The van der Waals surface area contributed by atoms with Gasteiger partial charge in [-0.2, -0.15) is 0 Å². The van der Waals surface area contributed by atoms with Crippen LogP contribution in [0, 0.1) is 5.92 Å². The zero-order valence-corrected chi connectivity index (χ0v) is 10.4. The van der Waals surface area contributed by atoms with Crippen molar-refractivity contribution in [3.05, 3.63) is 0 Å². The third-order valence-electron chi connectivity index (χ3n) is 2.74. The number of rotatable bonds is 8. The average molecular weight is 228 g/mol. The molecule has 1 saturated carbocycles. The second-order valence-electron chi connectivity index (χ2n) is 4.84. The summed E-state index contributed by atoms with van der Waals surface area (Å²) in [6.07, 6.45) is 3.38. The number of hydrogen-bond acceptors (Lipinski definition) is 3. The Hall–Kier alpha value is -0.610. The maximum Gasteiger partial charge on any atom is 0.248 e. The zero-order valence-electron chi connectivity index (χ0n) is 10.4. The van der Waals surface area contributed by atoms with Crippen LogP contribution in [-0.2, 0) is 9.53 Å². The van der Waals surface area contributed by atoms with E-state index in [0.717, 1.165) is 25.8 Å². The molecule has 0 atom stereocenters. The summed E-state index contributed by atoms with van der Waals surface area (Å²) in [5.41, 5.74) is 5.31. The quantitative estimate of drug-likeness (QED) is 0.631. The van der Waals surface area contributed by atoms with Gasteiger partial charge in [-0.05, 0) is 25.2 Å². The van der Waals surface area contributed by atoms with Crippen molar-refractivity contribution in [2.75, 3.05) is 26.3 Å². The van der Waals surface area contributed by atoms with Crippen LogP contribution in [0.4, 0.5) is 0 Å². The van der Waals surface area contributed by atoms with Crippen LogP contribution in [0.5, 0.6) is 0 Å². The molecular weight excluding hydrogens is 204 g/mol. The van der Waals surface area contributed by atoms with E-state index in [0.29, 0.717) is 25.1 Å². The molecule has 4 heteroatoms. The number of amides is 1. The summed E-state index contributed by atoms with van der Waals surface area (Å²) < 4.78 is 5.19. The summed E-state index contributed by atoms with van der Waals surface area (Å²) in [4.78, 5) is 13.9. The van der Waals surface area contributed by atoms with E-state index < -0.39 is 0 Å². The van der Waals surface area contributed by atoms with Gasteiger partial charge in [-0.25, -0.2) is 0 Å². The topological polar surface area (TPSA) is 55.6 Å². The molecule has 0 heterocycles. The summed E-state index contributed by atoms with van der Waals surface area (Å²) in [5.74, 6) is 0.760. The van der Waals surface area contributed by atoms with Crippen molar-refractivity contribution in [3.8, 4) is 0 Å². The number of hydrogen-bond donors (Lipinski definition) is 1. The largest absolute Gasteiger partial charge is 0.370 e. The lowest BCUT2D eigenvalue weighted by atomic mass is 10.1. The van der Waals surface area contributed by atoms with Gasteiger partial charge in [0.15, 0.2) is 0 Å². The molecule has 0 aromatic carbocycles. The minimum absolute atomic E-state index is 0.122. The van der Waals surface area contributed by atoms with Crippen molar-refractivity contribution in [1.29, 1.82) is 0 Å². The normalized spacial score (nSPS) is 15.5. The van der Waals surface area contributed by atoms with Crippen LogP contribution in [0.15, 0.2) is 0 Å². The molecule has 2 N–H and O–H groups in total. The van der Waals surface area contributed by atoms with Crippen LogP contribution in [0.1, 0.15) is 33.1 Å². The highest BCUT2D eigenvalue weighted by Crippen LogP contribution is 2.27. The highest BCUT2D eigenvalue weighted by atomic mass is 16.5. The van der Waals surface area contributed by atoms with E-state index in [1.807, 2.05) is 4.90 Å². The number of carbonyl (C=O) groups excluding carboxylic acids is 1. The molecule has 0 spiro atoms. The molecule has 1 aliphatic rings. The van der Waals surface area contributed by atoms with Gasteiger partial charge in [-0.15, -0.1) is 0 Å². The molecule has 0 bridgehead atoms. The summed E-state index contributed by atoms with van der Waals surface area (Å²) >= 11 is 0. The predicted molar refractivity (Wildman–Crippen MR) is 64.1 cm³/mol. The van der Waals surface area contributed by atoms with Crippen molar-refractivity contribution in [2.45, 2.75) is 39.2 Å². The smallest absolute Gasteiger partial charge is 0.248 e. The lowest BCUT2D eigenvalue weighted by Crippen LogP contribution is -2.37. The molecule has 16 heavy (non-hydrogen) atoms. The van der Waals surface area contributed by atoms with Crippen LogP contribution >= 0.6 is 0 Å². The van der Waals surface area contributed by atoms with Crippen molar-refractivity contribution in [3.63, 3.8) is 0 Å². The first kappa shape index (κ1) is 13.5. The Morgan fingerprint density at radius 3 is 2.69 bits per heavy atom. The van der Waals surface area contributed by atoms with E-state index in [2.05, 4.69) is 13.8 Å². The van der Waals surface area contributed by atoms with Gasteiger partial charge in [-0.3, -0.25) is 4.79 Å². The van der Waals surface area contributed by atoms with Gasteiger partial charge in [0.05, 0.1) is 6.61 Å². The van der Waals surface area contributed by atoms with E-state index in [9.17, 15) is 4.79 Å². The average Bonchev–Trinajstić information content (AvgIpc) is 3.02. The van der Waals surface area contributed by atoms with Gasteiger partial charge in [-0.1, -0.05) is 13.8 Å². The van der Waals surface area contributed by atoms with Crippen LogP contribution in [0.3, 0.4) is 0 Å². The molecule has 0 aromatic heterocycles. The Morgan fingerprint density at radius 1 is 1.50 bits per heavy atom. The minimum Gasteiger partial charge on any atom is -0.370 e.